The van der Waals surface area contributed by atoms with E-state index in [0.29, 0.717) is 17.7 Å². The second-order valence-electron chi connectivity index (χ2n) is 5.60. The van der Waals surface area contributed by atoms with E-state index >= 15 is 0 Å². The smallest absolute Gasteiger partial charge is 0.253 e. The van der Waals surface area contributed by atoms with Gasteiger partial charge in [-0.2, -0.15) is 0 Å². The Labute approximate surface area is 140 Å². The van der Waals surface area contributed by atoms with Crippen LogP contribution in [0.5, 0.6) is 0 Å². The van der Waals surface area contributed by atoms with Gasteiger partial charge in [-0.25, -0.2) is 0 Å². The molecule has 1 aromatic carbocycles. The summed E-state index contributed by atoms with van der Waals surface area (Å²) in [6.45, 7) is 4.31. The largest absolute Gasteiger partial charge is 0.350 e. The number of rotatable bonds is 6. The zero-order valence-electron chi connectivity index (χ0n) is 13.8. The minimum absolute atomic E-state index is 0.104. The Balaban J connectivity index is 1.92. The first-order valence-corrected chi connectivity index (χ1v) is 7.86. The number of carbonyl (C=O) groups is 2. The fourth-order valence-corrected chi connectivity index (χ4v) is 2.02. The number of H-pyrrole nitrogens is 1. The van der Waals surface area contributed by atoms with Gasteiger partial charge < -0.3 is 15.6 Å². The van der Waals surface area contributed by atoms with Crippen LogP contribution >= 0.6 is 0 Å². The normalized spacial score (nSPS) is 11.6. The summed E-state index contributed by atoms with van der Waals surface area (Å²) in [4.78, 5) is 37.4. The number of aromatic amines is 1. The van der Waals surface area contributed by atoms with Crippen LogP contribution in [0.25, 0.3) is 0 Å². The van der Waals surface area contributed by atoms with Gasteiger partial charge in [0.05, 0.1) is 5.56 Å². The van der Waals surface area contributed by atoms with Crippen LogP contribution in [-0.4, -0.2) is 22.8 Å². The van der Waals surface area contributed by atoms with Crippen molar-refractivity contribution in [1.29, 1.82) is 0 Å². The second-order valence-corrected chi connectivity index (χ2v) is 5.60. The summed E-state index contributed by atoms with van der Waals surface area (Å²) in [5.41, 5.74) is 1.61. The van der Waals surface area contributed by atoms with Crippen molar-refractivity contribution >= 4 is 11.8 Å². The SMILES string of the molecule is CC[C@H](C)NC(=O)c1ccc(CNC(=O)c2ccc(=O)[nH]c2)cc1. The van der Waals surface area contributed by atoms with Crippen molar-refractivity contribution in [3.8, 4) is 0 Å². The van der Waals surface area contributed by atoms with Crippen molar-refractivity contribution in [3.05, 3.63) is 69.6 Å². The predicted molar refractivity (Wildman–Crippen MR) is 91.9 cm³/mol. The Morgan fingerprint density at radius 1 is 1.04 bits per heavy atom. The van der Waals surface area contributed by atoms with Gasteiger partial charge in [-0.05, 0) is 37.1 Å². The van der Waals surface area contributed by atoms with Gasteiger partial charge in [0.15, 0.2) is 0 Å². The van der Waals surface area contributed by atoms with Crippen molar-refractivity contribution in [2.24, 2.45) is 0 Å². The molecule has 0 spiro atoms. The lowest BCUT2D eigenvalue weighted by Gasteiger charge is -2.11. The topological polar surface area (TPSA) is 91.1 Å². The molecular weight excluding hydrogens is 306 g/mol. The number of amides is 2. The molecule has 1 heterocycles. The third-order valence-electron chi connectivity index (χ3n) is 3.71. The van der Waals surface area contributed by atoms with Crippen LogP contribution in [0, 0.1) is 0 Å². The van der Waals surface area contributed by atoms with Crippen molar-refractivity contribution < 1.29 is 9.59 Å². The highest BCUT2D eigenvalue weighted by Gasteiger charge is 2.09. The number of hydrogen-bond acceptors (Lipinski definition) is 3. The standard InChI is InChI=1S/C18H21N3O3/c1-3-12(2)21-18(24)14-6-4-13(5-7-14)10-20-17(23)15-8-9-16(22)19-11-15/h4-9,11-12H,3,10H2,1-2H3,(H,19,22)(H,20,23)(H,21,24)/t12-/m0/s1. The first kappa shape index (κ1) is 17.5. The van der Waals surface area contributed by atoms with E-state index in [0.717, 1.165) is 12.0 Å². The van der Waals surface area contributed by atoms with E-state index in [1.807, 2.05) is 13.8 Å². The maximum atomic E-state index is 12.0. The number of pyridine rings is 1. The molecule has 2 amide bonds. The van der Waals surface area contributed by atoms with Crippen molar-refractivity contribution in [1.82, 2.24) is 15.6 Å². The van der Waals surface area contributed by atoms with E-state index in [4.69, 9.17) is 0 Å². The summed E-state index contributed by atoms with van der Waals surface area (Å²) in [7, 11) is 0. The summed E-state index contributed by atoms with van der Waals surface area (Å²) >= 11 is 0. The fourth-order valence-electron chi connectivity index (χ4n) is 2.02. The van der Waals surface area contributed by atoms with Gasteiger partial charge in [0.2, 0.25) is 5.56 Å². The molecule has 0 saturated carbocycles. The van der Waals surface area contributed by atoms with Crippen LogP contribution in [0.2, 0.25) is 0 Å². The molecule has 2 aromatic rings. The highest BCUT2D eigenvalue weighted by Crippen LogP contribution is 2.06. The second kappa shape index (κ2) is 8.10. The third-order valence-corrected chi connectivity index (χ3v) is 3.71. The summed E-state index contributed by atoms with van der Waals surface area (Å²) < 4.78 is 0. The first-order chi connectivity index (χ1) is 11.5. The minimum atomic E-state index is -0.273. The van der Waals surface area contributed by atoms with Crippen LogP contribution in [0.15, 0.2) is 47.4 Å². The molecule has 1 atom stereocenters. The molecule has 2 rings (SSSR count). The fraction of sp³-hybridized carbons (Fsp3) is 0.278. The first-order valence-electron chi connectivity index (χ1n) is 7.86. The number of benzene rings is 1. The van der Waals surface area contributed by atoms with Gasteiger partial charge in [-0.15, -0.1) is 0 Å². The number of aromatic nitrogens is 1. The van der Waals surface area contributed by atoms with Gasteiger partial charge >= 0.3 is 0 Å². The quantitative estimate of drug-likeness (QED) is 0.756. The monoisotopic (exact) mass is 327 g/mol. The molecule has 3 N–H and O–H groups in total. The van der Waals surface area contributed by atoms with Gasteiger partial charge in [0.25, 0.3) is 11.8 Å². The highest BCUT2D eigenvalue weighted by atomic mass is 16.2. The number of carbonyl (C=O) groups excluding carboxylic acids is 2. The molecule has 0 saturated heterocycles. The molecule has 0 bridgehead atoms. The lowest BCUT2D eigenvalue weighted by Crippen LogP contribution is -2.31. The van der Waals surface area contributed by atoms with E-state index < -0.39 is 0 Å². The maximum Gasteiger partial charge on any atom is 0.253 e. The predicted octanol–water partition coefficient (Wildman–Crippen LogP) is 1.83. The summed E-state index contributed by atoms with van der Waals surface area (Å²) in [5, 5.41) is 5.67. The molecule has 0 aliphatic rings. The Bertz CT molecular complexity index is 745. The zero-order chi connectivity index (χ0) is 17.5. The van der Waals surface area contributed by atoms with Gasteiger partial charge in [0.1, 0.15) is 0 Å². The summed E-state index contributed by atoms with van der Waals surface area (Å²) in [6.07, 6.45) is 2.25. The number of nitrogens with one attached hydrogen (secondary N) is 3. The third kappa shape index (κ3) is 4.81. The van der Waals surface area contributed by atoms with Crippen molar-refractivity contribution in [3.63, 3.8) is 0 Å². The van der Waals surface area contributed by atoms with Crippen molar-refractivity contribution in [2.75, 3.05) is 0 Å². The van der Waals surface area contributed by atoms with Crippen molar-refractivity contribution in [2.45, 2.75) is 32.9 Å². The van der Waals surface area contributed by atoms with E-state index in [9.17, 15) is 14.4 Å². The van der Waals surface area contributed by atoms with E-state index in [1.54, 1.807) is 24.3 Å². The molecular formula is C18H21N3O3. The van der Waals surface area contributed by atoms with E-state index in [1.165, 1.54) is 18.3 Å². The number of hydrogen-bond donors (Lipinski definition) is 3. The Morgan fingerprint density at radius 3 is 2.29 bits per heavy atom. The zero-order valence-corrected chi connectivity index (χ0v) is 13.8. The Morgan fingerprint density at radius 2 is 1.71 bits per heavy atom. The van der Waals surface area contributed by atoms with Crippen LogP contribution < -0.4 is 16.2 Å². The molecule has 0 aliphatic heterocycles. The maximum absolute atomic E-state index is 12.0. The lowest BCUT2D eigenvalue weighted by molar-refractivity contribution is 0.0934. The highest BCUT2D eigenvalue weighted by molar-refractivity contribution is 5.94. The molecule has 24 heavy (non-hydrogen) atoms. The minimum Gasteiger partial charge on any atom is -0.350 e. The van der Waals surface area contributed by atoms with E-state index in [-0.39, 0.29) is 23.4 Å². The molecule has 0 fully saturated rings. The average molecular weight is 327 g/mol. The van der Waals surface area contributed by atoms with Crippen LogP contribution in [0.4, 0.5) is 0 Å². The lowest BCUT2D eigenvalue weighted by atomic mass is 10.1. The molecule has 126 valence electrons. The Hall–Kier alpha value is -2.89. The van der Waals surface area contributed by atoms with Gasteiger partial charge in [-0.3, -0.25) is 14.4 Å². The van der Waals surface area contributed by atoms with Crippen LogP contribution in [0.1, 0.15) is 46.5 Å². The summed E-state index contributed by atoms with van der Waals surface area (Å²) in [6, 6.07) is 9.99. The molecule has 1 aromatic heterocycles. The average Bonchev–Trinajstić information content (AvgIpc) is 2.60. The van der Waals surface area contributed by atoms with Gasteiger partial charge in [0, 0.05) is 30.4 Å². The van der Waals surface area contributed by atoms with Crippen LogP contribution in [0.3, 0.4) is 0 Å². The molecule has 0 aliphatic carbocycles. The molecule has 6 heteroatoms. The molecule has 0 unspecified atom stereocenters. The molecule has 6 nitrogen and oxygen atoms in total. The summed E-state index contributed by atoms with van der Waals surface area (Å²) in [5.74, 6) is -0.377. The Kier molecular flexibility index (Phi) is 5.89. The molecule has 0 radical (unpaired) electrons. The van der Waals surface area contributed by atoms with Crippen LogP contribution in [-0.2, 0) is 6.54 Å². The van der Waals surface area contributed by atoms with E-state index in [2.05, 4.69) is 15.6 Å². The van der Waals surface area contributed by atoms with Gasteiger partial charge in [-0.1, -0.05) is 19.1 Å².